The molecule has 43 heavy (non-hydrogen) atoms. The molecule has 1 aliphatic carbocycles. The van der Waals surface area contributed by atoms with Crippen molar-refractivity contribution in [3.05, 3.63) is 114 Å². The lowest BCUT2D eigenvalue weighted by Crippen LogP contribution is -2.29. The van der Waals surface area contributed by atoms with Gasteiger partial charge < -0.3 is 15.0 Å². The van der Waals surface area contributed by atoms with Gasteiger partial charge in [-0.2, -0.15) is 8.42 Å². The van der Waals surface area contributed by atoms with Crippen molar-refractivity contribution in [3.63, 3.8) is 0 Å². The fourth-order valence-electron chi connectivity index (χ4n) is 5.72. The molecule has 2 heterocycles. The average molecular weight is 598 g/mol. The van der Waals surface area contributed by atoms with Gasteiger partial charge in [-0.05, 0) is 41.5 Å². The molecular formula is C32H31N5O5S. The van der Waals surface area contributed by atoms with Crippen molar-refractivity contribution in [3.8, 4) is 11.1 Å². The summed E-state index contributed by atoms with van der Waals surface area (Å²) in [6.07, 6.45) is 4.61. The fourth-order valence-corrected chi connectivity index (χ4v) is 6.10. The van der Waals surface area contributed by atoms with Crippen LogP contribution in [0.1, 0.15) is 34.3 Å². The van der Waals surface area contributed by atoms with E-state index in [9.17, 15) is 18.3 Å². The first-order chi connectivity index (χ1) is 20.7. The highest BCUT2D eigenvalue weighted by Crippen LogP contribution is 2.31. The molecule has 0 bridgehead atoms. The van der Waals surface area contributed by atoms with Crippen LogP contribution in [0.3, 0.4) is 0 Å². The number of nitrogens with zero attached hydrogens (tertiary/aromatic N) is 3. The quantitative estimate of drug-likeness (QED) is 0.203. The molecule has 1 fully saturated rings. The van der Waals surface area contributed by atoms with Gasteiger partial charge in [0, 0.05) is 35.4 Å². The third-order valence-electron chi connectivity index (χ3n) is 7.82. The molecule has 11 heteroatoms. The Bertz CT molecular complexity index is 1860. The van der Waals surface area contributed by atoms with Gasteiger partial charge in [-0.1, -0.05) is 72.8 Å². The number of carbonyl (C=O) groups is 1. The molecule has 0 amide bonds. The molecule has 0 aliphatic heterocycles. The summed E-state index contributed by atoms with van der Waals surface area (Å²) < 4.78 is 29.1. The highest BCUT2D eigenvalue weighted by atomic mass is 32.2. The van der Waals surface area contributed by atoms with Crippen LogP contribution in [0.25, 0.3) is 22.0 Å². The molecule has 1 saturated carbocycles. The first-order valence-corrected chi connectivity index (χ1v) is 15.4. The van der Waals surface area contributed by atoms with Gasteiger partial charge in [-0.25, -0.2) is 15.1 Å². The molecule has 0 saturated heterocycles. The zero-order valence-electron chi connectivity index (χ0n) is 23.2. The second-order valence-corrected chi connectivity index (χ2v) is 12.0. The molecule has 0 radical (unpaired) electrons. The van der Waals surface area contributed by atoms with Crippen LogP contribution < -0.4 is 10.5 Å². The SMILES string of the molecule is NS(=O)(=O)OC[C@@H]1C[C@@H](O)[C@H](Nc2ncncc2C(=O)c2cn(Cc3ccc(-c4ccccc4)cc3)c3ccccc23)C1. The Morgan fingerprint density at radius 2 is 1.70 bits per heavy atom. The summed E-state index contributed by atoms with van der Waals surface area (Å²) >= 11 is 0. The number of aliphatic hydroxyl groups is 1. The molecule has 0 spiro atoms. The maximum absolute atomic E-state index is 14.0. The van der Waals surface area contributed by atoms with Crippen LogP contribution in [0.4, 0.5) is 5.82 Å². The summed E-state index contributed by atoms with van der Waals surface area (Å²) in [6.45, 7) is 0.452. The molecule has 220 valence electrons. The monoisotopic (exact) mass is 597 g/mol. The van der Waals surface area contributed by atoms with Gasteiger partial charge in [0.25, 0.3) is 0 Å². The summed E-state index contributed by atoms with van der Waals surface area (Å²) in [4.78, 5) is 22.4. The minimum absolute atomic E-state index is 0.127. The fraction of sp³-hybridized carbons (Fsp3) is 0.219. The average Bonchev–Trinajstić information content (AvgIpc) is 3.56. The number of hydrogen-bond donors (Lipinski definition) is 3. The van der Waals surface area contributed by atoms with Gasteiger partial charge in [-0.15, -0.1) is 0 Å². The Labute approximate surface area is 249 Å². The van der Waals surface area contributed by atoms with Crippen molar-refractivity contribution in [1.82, 2.24) is 14.5 Å². The van der Waals surface area contributed by atoms with Crippen LogP contribution in [0.5, 0.6) is 0 Å². The van der Waals surface area contributed by atoms with E-state index in [4.69, 9.17) is 9.32 Å². The minimum Gasteiger partial charge on any atom is -0.391 e. The molecule has 3 aromatic carbocycles. The van der Waals surface area contributed by atoms with E-state index in [1.807, 2.05) is 48.7 Å². The molecule has 5 aromatic rings. The zero-order valence-corrected chi connectivity index (χ0v) is 24.0. The van der Waals surface area contributed by atoms with Crippen molar-refractivity contribution in [2.24, 2.45) is 11.1 Å². The van der Waals surface area contributed by atoms with E-state index < -0.39 is 22.4 Å². The predicted octanol–water partition coefficient (Wildman–Crippen LogP) is 4.15. The van der Waals surface area contributed by atoms with E-state index in [-0.39, 0.29) is 23.9 Å². The van der Waals surface area contributed by atoms with Crippen LogP contribution in [-0.4, -0.2) is 52.6 Å². The van der Waals surface area contributed by atoms with E-state index in [2.05, 4.69) is 56.3 Å². The van der Waals surface area contributed by atoms with Crippen molar-refractivity contribution in [2.45, 2.75) is 31.5 Å². The van der Waals surface area contributed by atoms with Crippen molar-refractivity contribution in [2.75, 3.05) is 11.9 Å². The summed E-state index contributed by atoms with van der Waals surface area (Å²) in [5.74, 6) is -0.184. The first-order valence-electron chi connectivity index (χ1n) is 13.9. The van der Waals surface area contributed by atoms with Crippen molar-refractivity contribution in [1.29, 1.82) is 0 Å². The molecular weight excluding hydrogens is 566 g/mol. The first kappa shape index (κ1) is 28.7. The van der Waals surface area contributed by atoms with Crippen LogP contribution in [0.15, 0.2) is 97.6 Å². The molecule has 10 nitrogen and oxygen atoms in total. The van der Waals surface area contributed by atoms with Crippen molar-refractivity contribution >= 4 is 32.8 Å². The topological polar surface area (TPSA) is 149 Å². The molecule has 6 rings (SSSR count). The Balaban J connectivity index is 1.24. The summed E-state index contributed by atoms with van der Waals surface area (Å²) in [6, 6.07) is 25.9. The lowest BCUT2D eigenvalue weighted by molar-refractivity contribution is 0.103. The largest absolute Gasteiger partial charge is 0.391 e. The molecule has 0 unspecified atom stereocenters. The Hall–Kier alpha value is -4.42. The number of benzene rings is 3. The van der Waals surface area contributed by atoms with E-state index in [0.29, 0.717) is 30.8 Å². The number of nitrogens with two attached hydrogens (primary N) is 1. The highest BCUT2D eigenvalue weighted by molar-refractivity contribution is 7.84. The Morgan fingerprint density at radius 1 is 0.977 bits per heavy atom. The second-order valence-electron chi connectivity index (χ2n) is 10.8. The number of ketones is 1. The number of rotatable bonds is 10. The van der Waals surface area contributed by atoms with E-state index in [0.717, 1.165) is 27.6 Å². The summed E-state index contributed by atoms with van der Waals surface area (Å²) in [5, 5.41) is 19.6. The predicted molar refractivity (Wildman–Crippen MR) is 164 cm³/mol. The zero-order chi connectivity index (χ0) is 30.0. The maximum atomic E-state index is 14.0. The van der Waals surface area contributed by atoms with E-state index in [1.54, 1.807) is 0 Å². The van der Waals surface area contributed by atoms with Crippen LogP contribution in [0.2, 0.25) is 0 Å². The van der Waals surface area contributed by atoms with Gasteiger partial charge in [0.05, 0.1) is 24.3 Å². The molecule has 2 aromatic heterocycles. The summed E-state index contributed by atoms with van der Waals surface area (Å²) in [7, 11) is -4.07. The molecule has 3 atom stereocenters. The van der Waals surface area contributed by atoms with Crippen LogP contribution in [0, 0.1) is 5.92 Å². The highest BCUT2D eigenvalue weighted by Gasteiger charge is 2.35. The van der Waals surface area contributed by atoms with Crippen LogP contribution >= 0.6 is 0 Å². The number of aromatic nitrogens is 3. The maximum Gasteiger partial charge on any atom is 0.333 e. The van der Waals surface area contributed by atoms with Gasteiger partial charge in [0.2, 0.25) is 0 Å². The van der Waals surface area contributed by atoms with E-state index in [1.165, 1.54) is 12.5 Å². The Kier molecular flexibility index (Phi) is 8.04. The third-order valence-corrected chi connectivity index (χ3v) is 8.29. The smallest absolute Gasteiger partial charge is 0.333 e. The Morgan fingerprint density at radius 3 is 2.47 bits per heavy atom. The lowest BCUT2D eigenvalue weighted by Gasteiger charge is -2.18. The number of aliphatic hydroxyl groups excluding tert-OH is 1. The molecule has 4 N–H and O–H groups in total. The number of para-hydroxylation sites is 1. The number of fused-ring (bicyclic) bond motifs is 1. The molecule has 1 aliphatic rings. The van der Waals surface area contributed by atoms with Gasteiger partial charge in [-0.3, -0.25) is 8.98 Å². The standard InChI is InChI=1S/C32H31N5O5S/c33-43(40,41)42-19-22-14-28(30(38)15-22)36-32-26(16-34-20-35-32)31(39)27-18-37(29-9-5-4-8-25(27)29)17-21-10-12-24(13-11-21)23-6-2-1-3-7-23/h1-13,16,18,20,22,28,30,38H,14-15,17,19H2,(H2,33,40,41)(H,34,35,36)/t22-,28+,30+/m0/s1. The van der Waals surface area contributed by atoms with Gasteiger partial charge >= 0.3 is 10.3 Å². The second kappa shape index (κ2) is 12.1. The lowest BCUT2D eigenvalue weighted by atomic mass is 10.0. The van der Waals surface area contributed by atoms with Crippen molar-refractivity contribution < 1.29 is 22.5 Å². The number of carbonyl (C=O) groups excluding carboxylic acids is 1. The third kappa shape index (κ3) is 6.50. The van der Waals surface area contributed by atoms with Gasteiger partial charge in [0.1, 0.15) is 12.1 Å². The normalized spacial score (nSPS) is 18.6. The van der Waals surface area contributed by atoms with Gasteiger partial charge in [0.15, 0.2) is 5.78 Å². The minimum atomic E-state index is -4.07. The number of anilines is 1. The number of nitrogens with one attached hydrogen (secondary N) is 1. The van der Waals surface area contributed by atoms with Crippen LogP contribution in [-0.2, 0) is 21.0 Å². The van der Waals surface area contributed by atoms with E-state index >= 15 is 0 Å². The summed E-state index contributed by atoms with van der Waals surface area (Å²) in [5.41, 5.74) is 5.10. The number of hydrogen-bond acceptors (Lipinski definition) is 8.